The fraction of sp³-hybridized carbons (Fsp3) is 0.125. The van der Waals surface area contributed by atoms with Gasteiger partial charge in [-0.15, -0.1) is 0 Å². The van der Waals surface area contributed by atoms with Crippen LogP contribution in [0.1, 0.15) is 17.4 Å². The molecule has 3 aromatic rings. The van der Waals surface area contributed by atoms with Crippen LogP contribution in [0.3, 0.4) is 0 Å². The molecule has 2 aromatic heterocycles. The van der Waals surface area contributed by atoms with Crippen LogP contribution in [0.25, 0.3) is 10.9 Å². The highest BCUT2D eigenvalue weighted by Gasteiger charge is 2.15. The van der Waals surface area contributed by atoms with Gasteiger partial charge in [-0.1, -0.05) is 41.4 Å². The van der Waals surface area contributed by atoms with E-state index in [-0.39, 0.29) is 0 Å². The number of para-hydroxylation sites is 1. The molecule has 3 rings (SSSR count). The highest BCUT2D eigenvalue weighted by atomic mass is 35.5. The molecule has 106 valence electrons. The van der Waals surface area contributed by atoms with Gasteiger partial charge < -0.3 is 5.11 Å². The molecule has 0 fully saturated rings. The summed E-state index contributed by atoms with van der Waals surface area (Å²) in [4.78, 5) is 8.43. The van der Waals surface area contributed by atoms with Crippen LogP contribution in [0, 0.1) is 0 Å². The Labute approximate surface area is 132 Å². The minimum Gasteiger partial charge on any atom is -0.386 e. The Morgan fingerprint density at radius 3 is 2.71 bits per heavy atom. The van der Waals surface area contributed by atoms with Crippen molar-refractivity contribution in [1.82, 2.24) is 9.97 Å². The summed E-state index contributed by atoms with van der Waals surface area (Å²) in [5.74, 6) is 0. The number of hydrogen-bond acceptors (Lipinski definition) is 3. The van der Waals surface area contributed by atoms with E-state index in [1.54, 1.807) is 12.3 Å². The van der Waals surface area contributed by atoms with Crippen LogP contribution >= 0.6 is 23.2 Å². The van der Waals surface area contributed by atoms with Crippen LogP contribution in [0.2, 0.25) is 10.0 Å². The normalized spacial score (nSPS) is 12.5. The Balaban J connectivity index is 1.94. The summed E-state index contributed by atoms with van der Waals surface area (Å²) in [6, 6.07) is 11.3. The predicted molar refractivity (Wildman–Crippen MR) is 84.7 cm³/mol. The molecule has 1 atom stereocenters. The first-order chi connectivity index (χ1) is 10.1. The third-order valence-electron chi connectivity index (χ3n) is 3.30. The Morgan fingerprint density at radius 2 is 1.90 bits per heavy atom. The Morgan fingerprint density at radius 1 is 1.10 bits per heavy atom. The van der Waals surface area contributed by atoms with Gasteiger partial charge >= 0.3 is 0 Å². The molecule has 0 spiro atoms. The van der Waals surface area contributed by atoms with Crippen molar-refractivity contribution in [3.05, 3.63) is 70.1 Å². The van der Waals surface area contributed by atoms with Gasteiger partial charge in [0.2, 0.25) is 0 Å². The Kier molecular flexibility index (Phi) is 4.06. The van der Waals surface area contributed by atoms with Crippen LogP contribution < -0.4 is 0 Å². The first-order valence-electron chi connectivity index (χ1n) is 6.47. The smallest absolute Gasteiger partial charge is 0.101 e. The fourth-order valence-corrected chi connectivity index (χ4v) is 2.81. The van der Waals surface area contributed by atoms with Crippen molar-refractivity contribution < 1.29 is 5.11 Å². The molecule has 0 bridgehead atoms. The molecule has 0 saturated carbocycles. The quantitative estimate of drug-likeness (QED) is 0.786. The number of aliphatic hydroxyl groups is 1. The molecule has 0 radical (unpaired) electrons. The van der Waals surface area contributed by atoms with Crippen LogP contribution in [-0.4, -0.2) is 15.1 Å². The van der Waals surface area contributed by atoms with Crippen LogP contribution in [-0.2, 0) is 6.42 Å². The van der Waals surface area contributed by atoms with Gasteiger partial charge in [0.25, 0.3) is 0 Å². The highest BCUT2D eigenvalue weighted by molar-refractivity contribution is 6.34. The predicted octanol–water partition coefficient (Wildman–Crippen LogP) is 4.21. The first kappa shape index (κ1) is 14.3. The molecule has 0 aliphatic rings. The van der Waals surface area contributed by atoms with Crippen molar-refractivity contribution in [2.45, 2.75) is 12.5 Å². The SMILES string of the molecule is OC(Cc1ccnc2ccccc12)c1ncc(Cl)cc1Cl. The van der Waals surface area contributed by atoms with E-state index in [1.807, 2.05) is 30.3 Å². The van der Waals surface area contributed by atoms with Crippen molar-refractivity contribution in [2.75, 3.05) is 0 Å². The number of halogens is 2. The van der Waals surface area contributed by atoms with Crippen molar-refractivity contribution in [2.24, 2.45) is 0 Å². The third-order valence-corrected chi connectivity index (χ3v) is 3.81. The van der Waals surface area contributed by atoms with E-state index in [2.05, 4.69) is 9.97 Å². The molecule has 5 heteroatoms. The van der Waals surface area contributed by atoms with Gasteiger partial charge in [0.1, 0.15) is 6.10 Å². The summed E-state index contributed by atoms with van der Waals surface area (Å²) in [6.07, 6.45) is 2.84. The molecule has 21 heavy (non-hydrogen) atoms. The van der Waals surface area contributed by atoms with Gasteiger partial charge in [-0.05, 0) is 23.8 Å². The summed E-state index contributed by atoms with van der Waals surface area (Å²) >= 11 is 11.9. The summed E-state index contributed by atoms with van der Waals surface area (Å²) in [7, 11) is 0. The van der Waals surface area contributed by atoms with Crippen LogP contribution in [0.15, 0.2) is 48.8 Å². The molecule has 3 nitrogen and oxygen atoms in total. The third kappa shape index (κ3) is 3.00. The lowest BCUT2D eigenvalue weighted by Crippen LogP contribution is -2.05. The molecule has 1 N–H and O–H groups in total. The Hall–Kier alpha value is -1.68. The van der Waals surface area contributed by atoms with E-state index in [0.29, 0.717) is 22.2 Å². The topological polar surface area (TPSA) is 46.0 Å². The Bertz CT molecular complexity index is 787. The summed E-state index contributed by atoms with van der Waals surface area (Å²) in [6.45, 7) is 0. The van der Waals surface area contributed by atoms with Crippen molar-refractivity contribution in [1.29, 1.82) is 0 Å². The molecule has 2 heterocycles. The molecular formula is C16H12Cl2N2O. The minimum atomic E-state index is -0.791. The lowest BCUT2D eigenvalue weighted by atomic mass is 10.0. The van der Waals surface area contributed by atoms with E-state index >= 15 is 0 Å². The number of nitrogens with zero attached hydrogens (tertiary/aromatic N) is 2. The maximum atomic E-state index is 10.4. The van der Waals surface area contributed by atoms with E-state index in [1.165, 1.54) is 6.20 Å². The molecular weight excluding hydrogens is 307 g/mol. The van der Waals surface area contributed by atoms with E-state index < -0.39 is 6.10 Å². The van der Waals surface area contributed by atoms with Gasteiger partial charge in [0, 0.05) is 24.2 Å². The average Bonchev–Trinajstić information content (AvgIpc) is 2.47. The van der Waals surface area contributed by atoms with Gasteiger partial charge in [-0.25, -0.2) is 0 Å². The molecule has 0 aliphatic heterocycles. The highest BCUT2D eigenvalue weighted by Crippen LogP contribution is 2.28. The van der Waals surface area contributed by atoms with Gasteiger partial charge in [-0.2, -0.15) is 0 Å². The standard InChI is InChI=1S/C16H12Cl2N2O/c17-11-8-13(18)16(20-9-11)15(21)7-10-5-6-19-14-4-2-1-3-12(10)14/h1-6,8-9,15,21H,7H2. The minimum absolute atomic E-state index is 0.369. The fourth-order valence-electron chi connectivity index (χ4n) is 2.31. The van der Waals surface area contributed by atoms with Gasteiger partial charge in [0.15, 0.2) is 0 Å². The maximum absolute atomic E-state index is 10.4. The molecule has 1 aromatic carbocycles. The second-order valence-electron chi connectivity index (χ2n) is 4.73. The first-order valence-corrected chi connectivity index (χ1v) is 7.22. The zero-order valence-electron chi connectivity index (χ0n) is 11.0. The summed E-state index contributed by atoms with van der Waals surface area (Å²) in [5.41, 5.74) is 2.33. The number of benzene rings is 1. The van der Waals surface area contributed by atoms with E-state index in [9.17, 15) is 5.11 Å². The maximum Gasteiger partial charge on any atom is 0.101 e. The van der Waals surface area contributed by atoms with Crippen LogP contribution in [0.4, 0.5) is 0 Å². The zero-order valence-corrected chi connectivity index (χ0v) is 12.5. The number of aromatic nitrogens is 2. The van der Waals surface area contributed by atoms with Gasteiger partial charge in [-0.3, -0.25) is 9.97 Å². The number of rotatable bonds is 3. The lowest BCUT2D eigenvalue weighted by Gasteiger charge is -2.13. The number of fused-ring (bicyclic) bond motifs is 1. The zero-order chi connectivity index (χ0) is 14.8. The van der Waals surface area contributed by atoms with E-state index in [0.717, 1.165) is 16.5 Å². The number of hydrogen-bond donors (Lipinski definition) is 1. The van der Waals surface area contributed by atoms with Crippen molar-refractivity contribution in [3.8, 4) is 0 Å². The lowest BCUT2D eigenvalue weighted by molar-refractivity contribution is 0.174. The summed E-state index contributed by atoms with van der Waals surface area (Å²) < 4.78 is 0. The van der Waals surface area contributed by atoms with Crippen LogP contribution in [0.5, 0.6) is 0 Å². The van der Waals surface area contributed by atoms with Crippen molar-refractivity contribution >= 4 is 34.1 Å². The summed E-state index contributed by atoms with van der Waals surface area (Å²) in [5, 5.41) is 12.2. The number of pyridine rings is 2. The second kappa shape index (κ2) is 5.98. The number of aliphatic hydroxyl groups excluding tert-OH is 1. The second-order valence-corrected chi connectivity index (χ2v) is 5.57. The van der Waals surface area contributed by atoms with Gasteiger partial charge in [0.05, 0.1) is 21.3 Å². The van der Waals surface area contributed by atoms with E-state index in [4.69, 9.17) is 23.2 Å². The average molecular weight is 319 g/mol. The van der Waals surface area contributed by atoms with Crippen molar-refractivity contribution in [3.63, 3.8) is 0 Å². The molecule has 0 saturated heterocycles. The molecule has 1 unspecified atom stereocenters. The molecule has 0 aliphatic carbocycles. The largest absolute Gasteiger partial charge is 0.386 e. The molecule has 0 amide bonds. The monoisotopic (exact) mass is 318 g/mol.